The van der Waals surface area contributed by atoms with E-state index in [-0.39, 0.29) is 24.0 Å². The Balaban J connectivity index is 1.81. The van der Waals surface area contributed by atoms with Gasteiger partial charge in [0.2, 0.25) is 0 Å². The molecule has 2 aromatic rings. The number of hydrogen-bond donors (Lipinski definition) is 1. The van der Waals surface area contributed by atoms with Gasteiger partial charge in [-0.25, -0.2) is 9.18 Å². The molecule has 1 saturated heterocycles. The summed E-state index contributed by atoms with van der Waals surface area (Å²) in [5.74, 6) is -0.741. The maximum atomic E-state index is 12.9. The first kappa shape index (κ1) is 15.0. The third-order valence-electron chi connectivity index (χ3n) is 3.71. The van der Waals surface area contributed by atoms with Crippen molar-refractivity contribution < 1.29 is 14.0 Å². The van der Waals surface area contributed by atoms with Crippen LogP contribution >= 0.6 is 0 Å². The van der Waals surface area contributed by atoms with Gasteiger partial charge in [-0.05, 0) is 42.8 Å². The number of rotatable bonds is 4. The van der Waals surface area contributed by atoms with Crippen molar-refractivity contribution >= 4 is 18.0 Å². The first-order valence-electron chi connectivity index (χ1n) is 7.32. The number of halogens is 1. The topological polar surface area (TPSA) is 54.3 Å². The molecule has 1 aromatic heterocycles. The number of nitrogens with zero attached hydrogens (tertiary/aromatic N) is 2. The predicted octanol–water partition coefficient (Wildman–Crippen LogP) is 2.74. The molecular weight excluding hydrogens is 297 g/mol. The van der Waals surface area contributed by atoms with Gasteiger partial charge in [-0.15, -0.1) is 0 Å². The Morgan fingerprint density at radius 1 is 1.17 bits per heavy atom. The van der Waals surface area contributed by atoms with E-state index in [1.165, 1.54) is 12.1 Å². The van der Waals surface area contributed by atoms with Crippen molar-refractivity contribution in [2.75, 3.05) is 0 Å². The molecule has 5 nitrogen and oxygen atoms in total. The number of imide groups is 1. The van der Waals surface area contributed by atoms with Gasteiger partial charge in [0.1, 0.15) is 11.5 Å². The van der Waals surface area contributed by atoms with Crippen LogP contribution in [0.15, 0.2) is 48.3 Å². The molecule has 1 aliphatic rings. The summed E-state index contributed by atoms with van der Waals surface area (Å²) in [6, 6.07) is 9.00. The minimum Gasteiger partial charge on any atom is -0.348 e. The van der Waals surface area contributed by atoms with Gasteiger partial charge in [-0.2, -0.15) is 0 Å². The Kier molecular flexibility index (Phi) is 3.97. The zero-order valence-corrected chi connectivity index (χ0v) is 12.6. The largest absolute Gasteiger partial charge is 0.348 e. The second kappa shape index (κ2) is 6.08. The molecule has 23 heavy (non-hydrogen) atoms. The molecule has 2 heterocycles. The van der Waals surface area contributed by atoms with Gasteiger partial charge < -0.3 is 9.88 Å². The van der Waals surface area contributed by atoms with Crippen LogP contribution in [0.1, 0.15) is 18.2 Å². The summed E-state index contributed by atoms with van der Waals surface area (Å²) in [4.78, 5) is 25.5. The summed E-state index contributed by atoms with van der Waals surface area (Å²) < 4.78 is 14.9. The van der Waals surface area contributed by atoms with Crippen LogP contribution in [0.4, 0.5) is 9.18 Å². The molecule has 0 spiro atoms. The van der Waals surface area contributed by atoms with Crippen LogP contribution in [0, 0.1) is 5.82 Å². The van der Waals surface area contributed by atoms with E-state index in [2.05, 4.69) is 5.32 Å². The van der Waals surface area contributed by atoms with Crippen molar-refractivity contribution in [1.29, 1.82) is 0 Å². The van der Waals surface area contributed by atoms with E-state index in [9.17, 15) is 14.0 Å². The summed E-state index contributed by atoms with van der Waals surface area (Å²) in [5, 5.41) is 2.59. The number of amides is 3. The highest BCUT2D eigenvalue weighted by atomic mass is 19.1. The Bertz CT molecular complexity index is 777. The molecule has 1 aliphatic heterocycles. The van der Waals surface area contributed by atoms with Crippen LogP contribution in [0.25, 0.3) is 6.08 Å². The Labute approximate surface area is 133 Å². The fourth-order valence-corrected chi connectivity index (χ4v) is 2.48. The van der Waals surface area contributed by atoms with Crippen LogP contribution in [0.3, 0.4) is 0 Å². The van der Waals surface area contributed by atoms with Crippen LogP contribution < -0.4 is 5.32 Å². The van der Waals surface area contributed by atoms with Crippen LogP contribution in [0.2, 0.25) is 0 Å². The van der Waals surface area contributed by atoms with Gasteiger partial charge in [-0.3, -0.25) is 9.69 Å². The zero-order valence-electron chi connectivity index (χ0n) is 12.6. The van der Waals surface area contributed by atoms with Gasteiger partial charge in [0.05, 0.1) is 6.54 Å². The number of benzene rings is 1. The van der Waals surface area contributed by atoms with Crippen molar-refractivity contribution in [3.8, 4) is 0 Å². The third-order valence-corrected chi connectivity index (χ3v) is 3.71. The SMILES string of the molecule is CCn1cccc1/C=C1/NC(=O)N(Cc2ccc(F)cc2)C1=O. The van der Waals surface area contributed by atoms with Crippen molar-refractivity contribution in [2.24, 2.45) is 0 Å². The monoisotopic (exact) mass is 313 g/mol. The Morgan fingerprint density at radius 3 is 2.61 bits per heavy atom. The summed E-state index contributed by atoms with van der Waals surface area (Å²) in [6.07, 6.45) is 3.57. The maximum absolute atomic E-state index is 12.9. The summed E-state index contributed by atoms with van der Waals surface area (Å²) in [5.41, 5.74) is 1.78. The molecule has 1 N–H and O–H groups in total. The van der Waals surface area contributed by atoms with Crippen molar-refractivity contribution in [1.82, 2.24) is 14.8 Å². The van der Waals surface area contributed by atoms with Crippen molar-refractivity contribution in [2.45, 2.75) is 20.0 Å². The molecule has 6 heteroatoms. The molecule has 0 aliphatic carbocycles. The van der Waals surface area contributed by atoms with E-state index < -0.39 is 6.03 Å². The molecule has 0 atom stereocenters. The maximum Gasteiger partial charge on any atom is 0.329 e. The van der Waals surface area contributed by atoms with E-state index in [1.807, 2.05) is 29.8 Å². The standard InChI is InChI=1S/C17H16FN3O2/c1-2-20-9-3-4-14(20)10-15-16(22)21(17(23)19-15)11-12-5-7-13(18)8-6-12/h3-10H,2,11H2,1H3,(H,19,23)/b15-10+. The first-order valence-corrected chi connectivity index (χ1v) is 7.32. The second-order valence-electron chi connectivity index (χ2n) is 5.22. The zero-order chi connectivity index (χ0) is 16.4. The first-order chi connectivity index (χ1) is 11.1. The fraction of sp³-hybridized carbons (Fsp3) is 0.176. The molecule has 118 valence electrons. The molecular formula is C17H16FN3O2. The highest BCUT2D eigenvalue weighted by Gasteiger charge is 2.33. The number of urea groups is 1. The number of carbonyl (C=O) groups is 2. The summed E-state index contributed by atoms with van der Waals surface area (Å²) >= 11 is 0. The average Bonchev–Trinajstić information content (AvgIpc) is 3.09. The Hall–Kier alpha value is -2.89. The molecule has 0 radical (unpaired) electrons. The lowest BCUT2D eigenvalue weighted by Gasteiger charge is -2.11. The average molecular weight is 313 g/mol. The van der Waals surface area contributed by atoms with Gasteiger partial charge in [0.15, 0.2) is 0 Å². The van der Waals surface area contributed by atoms with E-state index in [1.54, 1.807) is 18.2 Å². The summed E-state index contributed by atoms with van der Waals surface area (Å²) in [7, 11) is 0. The fourth-order valence-electron chi connectivity index (χ4n) is 2.48. The lowest BCUT2D eigenvalue weighted by Crippen LogP contribution is -2.30. The van der Waals surface area contributed by atoms with Crippen molar-refractivity contribution in [3.63, 3.8) is 0 Å². The van der Waals surface area contributed by atoms with Gasteiger partial charge in [0.25, 0.3) is 5.91 Å². The van der Waals surface area contributed by atoms with Crippen LogP contribution in [0.5, 0.6) is 0 Å². The quantitative estimate of drug-likeness (QED) is 0.697. The normalized spacial score (nSPS) is 16.3. The molecule has 1 fully saturated rings. The molecule has 1 aromatic carbocycles. The highest BCUT2D eigenvalue weighted by Crippen LogP contribution is 2.17. The molecule has 0 unspecified atom stereocenters. The minimum absolute atomic E-state index is 0.108. The molecule has 3 amide bonds. The predicted molar refractivity (Wildman–Crippen MR) is 83.6 cm³/mol. The van der Waals surface area contributed by atoms with E-state index >= 15 is 0 Å². The second-order valence-corrected chi connectivity index (χ2v) is 5.22. The number of aryl methyl sites for hydroxylation is 1. The lowest BCUT2D eigenvalue weighted by atomic mass is 10.2. The number of nitrogens with one attached hydrogen (secondary N) is 1. The van der Waals surface area contributed by atoms with Gasteiger partial charge in [-0.1, -0.05) is 12.1 Å². The highest BCUT2D eigenvalue weighted by molar-refractivity contribution is 6.13. The van der Waals surface area contributed by atoms with Crippen molar-refractivity contribution in [3.05, 3.63) is 65.4 Å². The minimum atomic E-state index is -0.472. The lowest BCUT2D eigenvalue weighted by molar-refractivity contribution is -0.123. The smallest absolute Gasteiger partial charge is 0.329 e. The van der Waals surface area contributed by atoms with Crippen LogP contribution in [-0.4, -0.2) is 21.4 Å². The van der Waals surface area contributed by atoms with Gasteiger partial charge >= 0.3 is 6.03 Å². The van der Waals surface area contributed by atoms with Crippen LogP contribution in [-0.2, 0) is 17.9 Å². The van der Waals surface area contributed by atoms with E-state index in [0.717, 1.165) is 17.1 Å². The van der Waals surface area contributed by atoms with E-state index in [4.69, 9.17) is 0 Å². The summed E-state index contributed by atoms with van der Waals surface area (Å²) in [6.45, 7) is 2.88. The number of hydrogen-bond acceptors (Lipinski definition) is 2. The molecule has 3 rings (SSSR count). The van der Waals surface area contributed by atoms with Gasteiger partial charge in [0, 0.05) is 18.4 Å². The van der Waals surface area contributed by atoms with E-state index in [0.29, 0.717) is 5.56 Å². The third kappa shape index (κ3) is 3.01. The molecule has 0 saturated carbocycles. The number of aromatic nitrogens is 1. The Morgan fingerprint density at radius 2 is 1.91 bits per heavy atom. The number of carbonyl (C=O) groups excluding carboxylic acids is 2. The molecule has 0 bridgehead atoms.